The summed E-state index contributed by atoms with van der Waals surface area (Å²) in [6.45, 7) is 6.74. The SMILES string of the molecule is CCN(Cc1ccccc1N)C(C)C(=O)NCCCOC. The highest BCUT2D eigenvalue weighted by atomic mass is 16.5. The van der Waals surface area contributed by atoms with Crippen LogP contribution in [-0.4, -0.2) is 43.7 Å². The van der Waals surface area contributed by atoms with Crippen molar-refractivity contribution in [2.45, 2.75) is 32.9 Å². The molecule has 0 aliphatic carbocycles. The molecule has 1 rings (SSSR count). The maximum Gasteiger partial charge on any atom is 0.237 e. The Bertz CT molecular complexity index is 437. The molecule has 1 aromatic rings. The number of carbonyl (C=O) groups is 1. The van der Waals surface area contributed by atoms with Crippen molar-refractivity contribution in [2.75, 3.05) is 32.5 Å². The molecule has 0 saturated carbocycles. The fourth-order valence-corrected chi connectivity index (χ4v) is 2.16. The molecule has 0 bridgehead atoms. The summed E-state index contributed by atoms with van der Waals surface area (Å²) < 4.78 is 4.97. The third kappa shape index (κ3) is 5.73. The Morgan fingerprint density at radius 2 is 2.14 bits per heavy atom. The van der Waals surface area contributed by atoms with Crippen LogP contribution in [0.15, 0.2) is 24.3 Å². The predicted molar refractivity (Wildman–Crippen MR) is 85.9 cm³/mol. The molecule has 1 unspecified atom stereocenters. The minimum Gasteiger partial charge on any atom is -0.398 e. The predicted octanol–water partition coefficient (Wildman–Crippen LogP) is 1.63. The summed E-state index contributed by atoms with van der Waals surface area (Å²) in [6, 6.07) is 7.59. The van der Waals surface area contributed by atoms with E-state index in [-0.39, 0.29) is 11.9 Å². The van der Waals surface area contributed by atoms with Crippen LogP contribution < -0.4 is 11.1 Å². The van der Waals surface area contributed by atoms with Crippen molar-refractivity contribution in [3.8, 4) is 0 Å². The highest BCUT2D eigenvalue weighted by Crippen LogP contribution is 2.15. The standard InChI is InChI=1S/C16H27N3O2/c1-4-19(12-14-8-5-6-9-15(14)17)13(2)16(20)18-10-7-11-21-3/h5-6,8-9,13H,4,7,10-12,17H2,1-3H3,(H,18,20). The second-order valence-electron chi connectivity index (χ2n) is 5.08. The fourth-order valence-electron chi connectivity index (χ4n) is 2.16. The van der Waals surface area contributed by atoms with E-state index in [9.17, 15) is 4.79 Å². The molecule has 3 N–H and O–H groups in total. The average Bonchev–Trinajstić information content (AvgIpc) is 2.50. The van der Waals surface area contributed by atoms with Crippen LogP contribution in [0.1, 0.15) is 25.8 Å². The Kier molecular flexibility index (Phi) is 7.79. The van der Waals surface area contributed by atoms with Crippen LogP contribution in [0.5, 0.6) is 0 Å². The molecule has 0 heterocycles. The van der Waals surface area contributed by atoms with Gasteiger partial charge in [0.1, 0.15) is 0 Å². The number of nitrogens with one attached hydrogen (secondary N) is 1. The van der Waals surface area contributed by atoms with E-state index in [2.05, 4.69) is 10.2 Å². The van der Waals surface area contributed by atoms with Gasteiger partial charge in [-0.05, 0) is 31.5 Å². The molecule has 1 amide bonds. The molecule has 0 aliphatic heterocycles. The molecule has 0 aromatic heterocycles. The van der Waals surface area contributed by atoms with E-state index in [0.717, 1.165) is 24.2 Å². The first kappa shape index (κ1) is 17.5. The van der Waals surface area contributed by atoms with Gasteiger partial charge in [-0.25, -0.2) is 0 Å². The van der Waals surface area contributed by atoms with E-state index in [1.165, 1.54) is 0 Å². The Morgan fingerprint density at radius 3 is 2.76 bits per heavy atom. The van der Waals surface area contributed by atoms with Crippen molar-refractivity contribution in [2.24, 2.45) is 0 Å². The second kappa shape index (κ2) is 9.37. The summed E-state index contributed by atoms with van der Waals surface area (Å²) in [5.41, 5.74) is 7.79. The first-order valence-electron chi connectivity index (χ1n) is 7.44. The number of hydrogen-bond donors (Lipinski definition) is 2. The largest absolute Gasteiger partial charge is 0.398 e. The lowest BCUT2D eigenvalue weighted by Crippen LogP contribution is -2.45. The molecule has 118 valence electrons. The van der Waals surface area contributed by atoms with Gasteiger partial charge in [-0.1, -0.05) is 25.1 Å². The molecule has 21 heavy (non-hydrogen) atoms. The monoisotopic (exact) mass is 293 g/mol. The van der Waals surface area contributed by atoms with E-state index in [4.69, 9.17) is 10.5 Å². The Balaban J connectivity index is 2.54. The van der Waals surface area contributed by atoms with Gasteiger partial charge < -0.3 is 15.8 Å². The van der Waals surface area contributed by atoms with Crippen molar-refractivity contribution in [1.82, 2.24) is 10.2 Å². The quantitative estimate of drug-likeness (QED) is 0.536. The lowest BCUT2D eigenvalue weighted by molar-refractivity contribution is -0.126. The van der Waals surface area contributed by atoms with Gasteiger partial charge in [0.25, 0.3) is 0 Å². The number of nitrogen functional groups attached to an aromatic ring is 1. The maximum atomic E-state index is 12.2. The zero-order chi connectivity index (χ0) is 15.7. The minimum atomic E-state index is -0.183. The van der Waals surface area contributed by atoms with Crippen LogP contribution in [-0.2, 0) is 16.1 Å². The third-order valence-corrected chi connectivity index (χ3v) is 3.59. The number of nitrogens with two attached hydrogens (primary N) is 1. The van der Waals surface area contributed by atoms with Gasteiger partial charge >= 0.3 is 0 Å². The van der Waals surface area contributed by atoms with E-state index in [0.29, 0.717) is 19.7 Å². The number of anilines is 1. The van der Waals surface area contributed by atoms with Gasteiger partial charge in [-0.3, -0.25) is 9.69 Å². The normalized spacial score (nSPS) is 12.4. The number of hydrogen-bond acceptors (Lipinski definition) is 4. The highest BCUT2D eigenvalue weighted by molar-refractivity contribution is 5.81. The average molecular weight is 293 g/mol. The maximum absolute atomic E-state index is 12.2. The summed E-state index contributed by atoms with van der Waals surface area (Å²) in [6.07, 6.45) is 0.826. The number of likely N-dealkylation sites (N-methyl/N-ethyl adjacent to an activating group) is 1. The topological polar surface area (TPSA) is 67.6 Å². The third-order valence-electron chi connectivity index (χ3n) is 3.59. The molecule has 0 saturated heterocycles. The summed E-state index contributed by atoms with van der Waals surface area (Å²) in [7, 11) is 1.66. The first-order valence-corrected chi connectivity index (χ1v) is 7.44. The zero-order valence-electron chi connectivity index (χ0n) is 13.3. The van der Waals surface area contributed by atoms with Crippen molar-refractivity contribution >= 4 is 11.6 Å². The van der Waals surface area contributed by atoms with E-state index in [1.54, 1.807) is 7.11 Å². The van der Waals surface area contributed by atoms with Crippen LogP contribution >= 0.6 is 0 Å². The number of carbonyl (C=O) groups excluding carboxylic acids is 1. The molecule has 0 fully saturated rings. The molecular formula is C16H27N3O2. The van der Waals surface area contributed by atoms with Crippen LogP contribution in [0.2, 0.25) is 0 Å². The molecule has 0 aliphatic rings. The summed E-state index contributed by atoms with van der Waals surface area (Å²) >= 11 is 0. The molecule has 1 atom stereocenters. The number of nitrogens with zero attached hydrogens (tertiary/aromatic N) is 1. The Hall–Kier alpha value is -1.59. The number of methoxy groups -OCH3 is 1. The minimum absolute atomic E-state index is 0.0439. The van der Waals surface area contributed by atoms with Gasteiger partial charge in [0, 0.05) is 32.5 Å². The molecular weight excluding hydrogens is 266 g/mol. The number of ether oxygens (including phenoxy) is 1. The lowest BCUT2D eigenvalue weighted by Gasteiger charge is -2.27. The van der Waals surface area contributed by atoms with Crippen LogP contribution in [0.25, 0.3) is 0 Å². The van der Waals surface area contributed by atoms with Gasteiger partial charge in [-0.15, -0.1) is 0 Å². The smallest absolute Gasteiger partial charge is 0.237 e. The molecule has 0 radical (unpaired) electrons. The van der Waals surface area contributed by atoms with E-state index < -0.39 is 0 Å². The molecule has 5 nitrogen and oxygen atoms in total. The summed E-state index contributed by atoms with van der Waals surface area (Å²) in [5.74, 6) is 0.0439. The number of rotatable bonds is 9. The van der Waals surface area contributed by atoms with Crippen LogP contribution in [0.3, 0.4) is 0 Å². The number of benzene rings is 1. The Labute approximate surface area is 127 Å². The Morgan fingerprint density at radius 1 is 1.43 bits per heavy atom. The van der Waals surface area contributed by atoms with Crippen molar-refractivity contribution in [3.05, 3.63) is 29.8 Å². The van der Waals surface area contributed by atoms with E-state index >= 15 is 0 Å². The number of para-hydroxylation sites is 1. The van der Waals surface area contributed by atoms with Gasteiger partial charge in [-0.2, -0.15) is 0 Å². The first-order chi connectivity index (χ1) is 10.1. The van der Waals surface area contributed by atoms with Gasteiger partial charge in [0.2, 0.25) is 5.91 Å². The molecule has 5 heteroatoms. The molecule has 0 spiro atoms. The summed E-state index contributed by atoms with van der Waals surface area (Å²) in [4.78, 5) is 14.3. The second-order valence-corrected chi connectivity index (χ2v) is 5.08. The van der Waals surface area contributed by atoms with Gasteiger partial charge in [0.15, 0.2) is 0 Å². The van der Waals surface area contributed by atoms with Crippen molar-refractivity contribution in [3.63, 3.8) is 0 Å². The van der Waals surface area contributed by atoms with Crippen LogP contribution in [0.4, 0.5) is 5.69 Å². The highest BCUT2D eigenvalue weighted by Gasteiger charge is 2.20. The van der Waals surface area contributed by atoms with Gasteiger partial charge in [0.05, 0.1) is 6.04 Å². The fraction of sp³-hybridized carbons (Fsp3) is 0.562. The number of amides is 1. The zero-order valence-corrected chi connectivity index (χ0v) is 13.3. The van der Waals surface area contributed by atoms with Crippen molar-refractivity contribution < 1.29 is 9.53 Å². The van der Waals surface area contributed by atoms with E-state index in [1.807, 2.05) is 38.1 Å². The lowest BCUT2D eigenvalue weighted by atomic mass is 10.1. The van der Waals surface area contributed by atoms with Crippen molar-refractivity contribution in [1.29, 1.82) is 0 Å². The summed E-state index contributed by atoms with van der Waals surface area (Å²) in [5, 5.41) is 2.94. The molecule has 1 aromatic carbocycles. The van der Waals surface area contributed by atoms with Crippen LogP contribution in [0, 0.1) is 0 Å².